The van der Waals surface area contributed by atoms with Crippen molar-refractivity contribution in [1.29, 1.82) is 0 Å². The number of ether oxygens (including phenoxy) is 1. The van der Waals surface area contributed by atoms with E-state index in [9.17, 15) is 4.79 Å². The zero-order valence-electron chi connectivity index (χ0n) is 14.3. The lowest BCUT2D eigenvalue weighted by molar-refractivity contribution is 0.0527. The standard InChI is InChI=1S/C18H22N4O2/c1-4-24-18(23)15-13-14-7-5-6-9-22(14)17(15)16-8-10-21(19-16)12-11-20(2)3/h5-10,13H,4,11-12H2,1-3H3. The molecule has 0 radical (unpaired) electrons. The fourth-order valence-electron chi connectivity index (χ4n) is 2.66. The molecule has 0 fully saturated rings. The van der Waals surface area contributed by atoms with E-state index in [1.54, 1.807) is 0 Å². The minimum Gasteiger partial charge on any atom is -0.462 e. The average Bonchev–Trinajstić information content (AvgIpc) is 3.17. The molecule has 0 saturated heterocycles. The van der Waals surface area contributed by atoms with Gasteiger partial charge in [0.05, 0.1) is 24.4 Å². The Hall–Kier alpha value is -2.60. The van der Waals surface area contributed by atoms with E-state index in [0.717, 1.165) is 30.0 Å². The Kier molecular flexibility index (Phi) is 4.66. The van der Waals surface area contributed by atoms with Crippen LogP contribution in [0.3, 0.4) is 0 Å². The first-order valence-corrected chi connectivity index (χ1v) is 8.06. The number of esters is 1. The monoisotopic (exact) mass is 326 g/mol. The molecule has 0 aliphatic heterocycles. The maximum Gasteiger partial charge on any atom is 0.340 e. The van der Waals surface area contributed by atoms with Gasteiger partial charge in [0.2, 0.25) is 0 Å². The van der Waals surface area contributed by atoms with E-state index in [0.29, 0.717) is 12.2 Å². The third-order valence-corrected chi connectivity index (χ3v) is 3.83. The highest BCUT2D eigenvalue weighted by Crippen LogP contribution is 2.27. The second-order valence-electron chi connectivity index (χ2n) is 5.89. The van der Waals surface area contributed by atoms with E-state index in [-0.39, 0.29) is 5.97 Å². The highest BCUT2D eigenvalue weighted by molar-refractivity contribution is 5.98. The summed E-state index contributed by atoms with van der Waals surface area (Å²) >= 11 is 0. The van der Waals surface area contributed by atoms with Gasteiger partial charge in [0.15, 0.2) is 0 Å². The van der Waals surface area contributed by atoms with Gasteiger partial charge in [-0.3, -0.25) is 4.68 Å². The Balaban J connectivity index is 2.04. The van der Waals surface area contributed by atoms with Crippen molar-refractivity contribution in [2.45, 2.75) is 13.5 Å². The molecule has 126 valence electrons. The van der Waals surface area contributed by atoms with Gasteiger partial charge in [0, 0.05) is 24.5 Å². The quantitative estimate of drug-likeness (QED) is 0.653. The van der Waals surface area contributed by atoms with Crippen molar-refractivity contribution in [2.75, 3.05) is 27.2 Å². The number of hydrogen-bond acceptors (Lipinski definition) is 4. The minimum atomic E-state index is -0.320. The Bertz CT molecular complexity index is 848. The van der Waals surface area contributed by atoms with Gasteiger partial charge in [0.25, 0.3) is 0 Å². The topological polar surface area (TPSA) is 51.8 Å². The van der Waals surface area contributed by atoms with Crippen LogP contribution >= 0.6 is 0 Å². The van der Waals surface area contributed by atoms with Crippen LogP contribution in [0.1, 0.15) is 17.3 Å². The van der Waals surface area contributed by atoms with Crippen LogP contribution < -0.4 is 0 Å². The zero-order valence-corrected chi connectivity index (χ0v) is 14.3. The lowest BCUT2D eigenvalue weighted by Gasteiger charge is -2.09. The maximum atomic E-state index is 12.4. The van der Waals surface area contributed by atoms with Crippen molar-refractivity contribution in [3.8, 4) is 11.4 Å². The van der Waals surface area contributed by atoms with E-state index in [1.165, 1.54) is 0 Å². The van der Waals surface area contributed by atoms with E-state index in [4.69, 9.17) is 4.74 Å². The first-order valence-electron chi connectivity index (χ1n) is 8.06. The largest absolute Gasteiger partial charge is 0.462 e. The van der Waals surface area contributed by atoms with Crippen molar-refractivity contribution in [2.24, 2.45) is 0 Å². The second kappa shape index (κ2) is 6.88. The summed E-state index contributed by atoms with van der Waals surface area (Å²) in [6, 6.07) is 9.65. The number of hydrogen-bond donors (Lipinski definition) is 0. The number of likely N-dealkylation sites (N-methyl/N-ethyl adjacent to an activating group) is 1. The van der Waals surface area contributed by atoms with E-state index in [1.807, 2.05) is 72.8 Å². The van der Waals surface area contributed by atoms with Crippen LogP contribution in [0.5, 0.6) is 0 Å². The average molecular weight is 326 g/mol. The van der Waals surface area contributed by atoms with Gasteiger partial charge >= 0.3 is 5.97 Å². The normalized spacial score (nSPS) is 11.3. The number of rotatable bonds is 6. The van der Waals surface area contributed by atoms with Crippen LogP contribution in [-0.4, -0.2) is 52.3 Å². The van der Waals surface area contributed by atoms with Gasteiger partial charge in [0.1, 0.15) is 5.69 Å². The summed E-state index contributed by atoms with van der Waals surface area (Å²) < 4.78 is 9.08. The summed E-state index contributed by atoms with van der Waals surface area (Å²) in [6.07, 6.45) is 3.88. The van der Waals surface area contributed by atoms with Crippen molar-refractivity contribution in [1.82, 2.24) is 19.1 Å². The van der Waals surface area contributed by atoms with Gasteiger partial charge < -0.3 is 14.0 Å². The Labute approximate surface area is 141 Å². The summed E-state index contributed by atoms with van der Waals surface area (Å²) in [4.78, 5) is 14.5. The molecule has 0 atom stereocenters. The Morgan fingerprint density at radius 2 is 2.08 bits per heavy atom. The van der Waals surface area contributed by atoms with E-state index >= 15 is 0 Å². The SMILES string of the molecule is CCOC(=O)c1cc2ccccn2c1-c1ccn(CCN(C)C)n1. The number of fused-ring (bicyclic) bond motifs is 1. The molecular weight excluding hydrogens is 304 g/mol. The summed E-state index contributed by atoms with van der Waals surface area (Å²) in [5.74, 6) is -0.320. The highest BCUT2D eigenvalue weighted by Gasteiger charge is 2.20. The molecule has 3 heterocycles. The lowest BCUT2D eigenvalue weighted by Crippen LogP contribution is -2.18. The molecule has 0 aliphatic rings. The van der Waals surface area contributed by atoms with Crippen molar-refractivity contribution in [3.63, 3.8) is 0 Å². The Morgan fingerprint density at radius 3 is 2.83 bits per heavy atom. The molecule has 0 saturated carbocycles. The van der Waals surface area contributed by atoms with E-state index in [2.05, 4.69) is 10.00 Å². The molecule has 0 bridgehead atoms. The fraction of sp³-hybridized carbons (Fsp3) is 0.333. The highest BCUT2D eigenvalue weighted by atomic mass is 16.5. The smallest absolute Gasteiger partial charge is 0.340 e. The second-order valence-corrected chi connectivity index (χ2v) is 5.89. The predicted octanol–water partition coefficient (Wildman–Crippen LogP) is 2.54. The van der Waals surface area contributed by atoms with Crippen LogP contribution in [0, 0.1) is 0 Å². The molecule has 3 aromatic heterocycles. The van der Waals surface area contributed by atoms with Crippen molar-refractivity contribution < 1.29 is 9.53 Å². The number of aromatic nitrogens is 3. The van der Waals surface area contributed by atoms with Crippen LogP contribution in [0.25, 0.3) is 16.9 Å². The Morgan fingerprint density at radius 1 is 1.25 bits per heavy atom. The molecule has 0 aromatic carbocycles. The van der Waals surface area contributed by atoms with Gasteiger partial charge in [-0.2, -0.15) is 5.10 Å². The summed E-state index contributed by atoms with van der Waals surface area (Å²) in [7, 11) is 4.06. The summed E-state index contributed by atoms with van der Waals surface area (Å²) in [5.41, 5.74) is 3.02. The van der Waals surface area contributed by atoms with Gasteiger partial charge in [-0.1, -0.05) is 6.07 Å². The maximum absolute atomic E-state index is 12.4. The van der Waals surface area contributed by atoms with Gasteiger partial charge in [-0.15, -0.1) is 0 Å². The molecule has 6 heteroatoms. The molecule has 0 unspecified atom stereocenters. The van der Waals surface area contributed by atoms with Crippen molar-refractivity contribution >= 4 is 11.5 Å². The minimum absolute atomic E-state index is 0.320. The zero-order chi connectivity index (χ0) is 17.1. The number of nitrogens with zero attached hydrogens (tertiary/aromatic N) is 4. The first-order chi connectivity index (χ1) is 11.6. The van der Waals surface area contributed by atoms with Gasteiger partial charge in [-0.25, -0.2) is 4.79 Å². The van der Waals surface area contributed by atoms with Crippen LogP contribution in [0.4, 0.5) is 0 Å². The molecule has 0 aliphatic carbocycles. The third kappa shape index (κ3) is 3.19. The first kappa shape index (κ1) is 16.3. The molecule has 0 amide bonds. The summed E-state index contributed by atoms with van der Waals surface area (Å²) in [6.45, 7) is 3.86. The number of pyridine rings is 1. The van der Waals surface area contributed by atoms with Crippen LogP contribution in [-0.2, 0) is 11.3 Å². The lowest BCUT2D eigenvalue weighted by atomic mass is 10.2. The molecule has 6 nitrogen and oxygen atoms in total. The van der Waals surface area contributed by atoms with Crippen molar-refractivity contribution in [3.05, 3.63) is 48.3 Å². The fourth-order valence-corrected chi connectivity index (χ4v) is 2.66. The molecule has 3 rings (SSSR count). The van der Waals surface area contributed by atoms with Crippen LogP contribution in [0.2, 0.25) is 0 Å². The molecule has 24 heavy (non-hydrogen) atoms. The van der Waals surface area contributed by atoms with Gasteiger partial charge in [-0.05, 0) is 45.3 Å². The predicted molar refractivity (Wildman–Crippen MR) is 93.1 cm³/mol. The summed E-state index contributed by atoms with van der Waals surface area (Å²) in [5, 5.41) is 4.64. The molecule has 0 N–H and O–H groups in total. The molecule has 0 spiro atoms. The number of carbonyl (C=O) groups excluding carboxylic acids is 1. The number of carbonyl (C=O) groups is 1. The van der Waals surface area contributed by atoms with E-state index < -0.39 is 0 Å². The third-order valence-electron chi connectivity index (χ3n) is 3.83. The van der Waals surface area contributed by atoms with Crippen LogP contribution in [0.15, 0.2) is 42.7 Å². The molecular formula is C18H22N4O2. The molecule has 3 aromatic rings.